The van der Waals surface area contributed by atoms with E-state index >= 15 is 0 Å². The summed E-state index contributed by atoms with van der Waals surface area (Å²) < 4.78 is 61.6. The number of rotatable bonds is 2. The van der Waals surface area contributed by atoms with E-state index in [0.717, 1.165) is 10.9 Å². The van der Waals surface area contributed by atoms with Crippen molar-refractivity contribution in [1.29, 1.82) is 0 Å². The second-order valence-electron chi connectivity index (χ2n) is 10.1. The van der Waals surface area contributed by atoms with Gasteiger partial charge in [-0.2, -0.15) is 4.98 Å². The van der Waals surface area contributed by atoms with Gasteiger partial charge in [0.15, 0.2) is 35.1 Å². The maximum Gasteiger partial charge on any atom is 0.472 e. The standard InChI is InChI=1S/C20H23ClN10O12P2/c21-8-12-7(41-18(8)30-4-26-9-14(22)24-3-25-15(9)30)2-39-45(36,37)43-13-11(32)6(1-38-44(34,35)42-12)40-19(13)31-5-27-10-16(31)28-20(23)29-17(10)33/h3-8,11-13,18-19,32H,1-2H2,(H,34,35)(H,36,37)(H2,22,24,25)(H3,23,28,29,33)/t6?,7-,8+,11-,12-,13-,18?,19?/m1/s1. The first-order valence-electron chi connectivity index (χ1n) is 12.9. The van der Waals surface area contributed by atoms with Crippen LogP contribution < -0.4 is 17.0 Å². The number of hydrogen-bond acceptors (Lipinski definition) is 17. The number of aromatic amines is 1. The van der Waals surface area contributed by atoms with E-state index in [2.05, 4.69) is 29.9 Å². The molecule has 8 N–H and O–H groups in total. The Balaban J connectivity index is 1.21. The Morgan fingerprint density at radius 2 is 1.51 bits per heavy atom. The lowest BCUT2D eigenvalue weighted by Crippen LogP contribution is -2.35. The molecular weight excluding hydrogens is 670 g/mol. The van der Waals surface area contributed by atoms with Crippen LogP contribution in [0.2, 0.25) is 0 Å². The van der Waals surface area contributed by atoms with Crippen molar-refractivity contribution >= 4 is 61.3 Å². The van der Waals surface area contributed by atoms with Crippen LogP contribution in [0.3, 0.4) is 0 Å². The minimum absolute atomic E-state index is 0.0729. The van der Waals surface area contributed by atoms with Crippen molar-refractivity contribution in [2.45, 2.75) is 48.4 Å². The third-order valence-corrected chi connectivity index (χ3v) is 9.71. The minimum Gasteiger partial charge on any atom is -0.387 e. The molecule has 0 spiro atoms. The highest BCUT2D eigenvalue weighted by Gasteiger charge is 2.54. The second kappa shape index (κ2) is 11.0. The molecule has 4 aromatic rings. The molecule has 22 nitrogen and oxygen atoms in total. The number of imidazole rings is 2. The Labute approximate surface area is 254 Å². The molecule has 0 aliphatic carbocycles. The van der Waals surface area contributed by atoms with E-state index in [9.17, 15) is 28.8 Å². The number of nitrogens with one attached hydrogen (secondary N) is 1. The third kappa shape index (κ3) is 5.41. The first-order chi connectivity index (χ1) is 21.3. The summed E-state index contributed by atoms with van der Waals surface area (Å²) in [6.07, 6.45) is -6.74. The molecule has 3 fully saturated rings. The summed E-state index contributed by atoms with van der Waals surface area (Å²) in [5.74, 6) is -0.202. The molecule has 3 saturated heterocycles. The van der Waals surface area contributed by atoms with E-state index < -0.39 is 82.8 Å². The van der Waals surface area contributed by atoms with Crippen molar-refractivity contribution in [3.63, 3.8) is 0 Å². The summed E-state index contributed by atoms with van der Waals surface area (Å²) in [6.45, 7) is -1.54. The molecule has 25 heteroatoms. The molecule has 3 aliphatic heterocycles. The number of phosphoric acid groups is 2. The Kier molecular flexibility index (Phi) is 7.47. The maximum atomic E-state index is 13.2. The normalized spacial score (nSPS) is 37.7. The van der Waals surface area contributed by atoms with Gasteiger partial charge in [-0.05, 0) is 0 Å². The van der Waals surface area contributed by atoms with Gasteiger partial charge in [-0.3, -0.25) is 37.0 Å². The van der Waals surface area contributed by atoms with Crippen molar-refractivity contribution in [3.05, 3.63) is 29.3 Å². The first-order valence-corrected chi connectivity index (χ1v) is 16.3. The fourth-order valence-corrected chi connectivity index (χ4v) is 7.63. The van der Waals surface area contributed by atoms with Crippen molar-refractivity contribution in [1.82, 2.24) is 39.0 Å². The van der Waals surface area contributed by atoms with Gasteiger partial charge in [0.1, 0.15) is 47.7 Å². The van der Waals surface area contributed by atoms with Gasteiger partial charge in [0.2, 0.25) is 5.95 Å². The van der Waals surface area contributed by atoms with Crippen LogP contribution in [-0.2, 0) is 36.7 Å². The lowest BCUT2D eigenvalue weighted by molar-refractivity contribution is -0.0670. The maximum absolute atomic E-state index is 13.2. The molecule has 0 radical (unpaired) electrons. The fourth-order valence-electron chi connectivity index (χ4n) is 5.26. The van der Waals surface area contributed by atoms with Crippen molar-refractivity contribution in [2.24, 2.45) is 0 Å². The van der Waals surface area contributed by atoms with Crippen molar-refractivity contribution < 1.29 is 51.6 Å². The highest BCUT2D eigenvalue weighted by Crippen LogP contribution is 2.54. The van der Waals surface area contributed by atoms with E-state index in [1.165, 1.54) is 17.2 Å². The number of nitrogens with zero attached hydrogens (tertiary/aromatic N) is 7. The van der Waals surface area contributed by atoms with Crippen LogP contribution in [0, 0.1) is 0 Å². The van der Waals surface area contributed by atoms with Gasteiger partial charge in [-0.15, -0.1) is 11.6 Å². The van der Waals surface area contributed by atoms with E-state index in [4.69, 9.17) is 50.6 Å². The average Bonchev–Trinajstić information content (AvgIpc) is 3.72. The average molecular weight is 693 g/mol. The number of aliphatic hydroxyl groups is 1. The highest BCUT2D eigenvalue weighted by atomic mass is 35.5. The van der Waals surface area contributed by atoms with Gasteiger partial charge >= 0.3 is 15.6 Å². The zero-order valence-electron chi connectivity index (χ0n) is 22.3. The minimum atomic E-state index is -5.08. The number of aromatic nitrogens is 8. The molecule has 4 aromatic heterocycles. The molecule has 2 bridgehead atoms. The van der Waals surface area contributed by atoms with Crippen LogP contribution in [0.1, 0.15) is 12.5 Å². The third-order valence-electron chi connectivity index (χ3n) is 7.28. The number of aliphatic hydroxyl groups excluding tert-OH is 1. The smallest absolute Gasteiger partial charge is 0.387 e. The number of nitrogen functional groups attached to an aromatic ring is 2. The molecule has 0 saturated carbocycles. The summed E-state index contributed by atoms with van der Waals surface area (Å²) in [4.78, 5) is 56.0. The summed E-state index contributed by atoms with van der Waals surface area (Å²) in [5, 5.41) is 9.78. The molecule has 3 aliphatic rings. The Morgan fingerprint density at radius 3 is 2.24 bits per heavy atom. The summed E-state index contributed by atoms with van der Waals surface area (Å²) in [5.41, 5.74) is 11.0. The number of hydrogen-bond donors (Lipinski definition) is 6. The zero-order chi connectivity index (χ0) is 31.8. The van der Waals surface area contributed by atoms with Crippen LogP contribution in [0.15, 0.2) is 23.8 Å². The number of fused-ring (bicyclic) bond motifs is 5. The molecule has 10 atom stereocenters. The summed E-state index contributed by atoms with van der Waals surface area (Å²) >= 11 is 6.65. The topological polar surface area (TPSA) is 309 Å². The number of nitrogens with two attached hydrogens (primary N) is 2. The quantitative estimate of drug-likeness (QED) is 0.107. The van der Waals surface area contributed by atoms with E-state index in [1.807, 2.05) is 0 Å². The molecule has 7 heterocycles. The second-order valence-corrected chi connectivity index (χ2v) is 13.4. The SMILES string of the molecule is Nc1nc2c(ncn2C2OC3COP(=O)(O)O[C@H]4[C@H](Cl)C(n5cnc6c(N)ncnc65)O[C@@H]4COP(=O)(O)O[C@@H]2[C@@H]3O)c(=O)[nH]1. The predicted octanol–water partition coefficient (Wildman–Crippen LogP) is -1.10. The van der Waals surface area contributed by atoms with Gasteiger partial charge in [0, 0.05) is 0 Å². The molecule has 0 aromatic carbocycles. The number of phosphoric ester groups is 2. The van der Waals surface area contributed by atoms with E-state index in [0.29, 0.717) is 0 Å². The van der Waals surface area contributed by atoms with Crippen molar-refractivity contribution in [2.75, 3.05) is 24.7 Å². The number of halogens is 1. The van der Waals surface area contributed by atoms with Crippen LogP contribution >= 0.6 is 27.2 Å². The monoisotopic (exact) mass is 692 g/mol. The van der Waals surface area contributed by atoms with Gasteiger partial charge in [0.25, 0.3) is 5.56 Å². The lowest BCUT2D eigenvalue weighted by atomic mass is 10.1. The fraction of sp³-hybridized carbons (Fsp3) is 0.500. The number of H-pyrrole nitrogens is 1. The van der Waals surface area contributed by atoms with E-state index in [-0.39, 0.29) is 34.1 Å². The molecular formula is C20H23ClN10O12P2. The summed E-state index contributed by atoms with van der Waals surface area (Å²) in [6, 6.07) is 0. The van der Waals surface area contributed by atoms with Gasteiger partial charge < -0.3 is 35.8 Å². The largest absolute Gasteiger partial charge is 0.472 e. The molecule has 7 rings (SSSR count). The number of anilines is 2. The van der Waals surface area contributed by atoms with Crippen LogP contribution in [0.25, 0.3) is 22.3 Å². The van der Waals surface area contributed by atoms with Crippen LogP contribution in [0.5, 0.6) is 0 Å². The number of ether oxygens (including phenoxy) is 2. The predicted molar refractivity (Wildman–Crippen MR) is 147 cm³/mol. The number of alkyl halides is 1. The zero-order valence-corrected chi connectivity index (χ0v) is 24.9. The lowest BCUT2D eigenvalue weighted by Gasteiger charge is -2.25. The Hall–Kier alpha value is -3.11. The Bertz CT molecular complexity index is 1940. The van der Waals surface area contributed by atoms with Gasteiger partial charge in [-0.1, -0.05) is 0 Å². The van der Waals surface area contributed by atoms with Crippen molar-refractivity contribution in [3.8, 4) is 0 Å². The van der Waals surface area contributed by atoms with Crippen LogP contribution in [-0.4, -0.2) is 103 Å². The highest BCUT2D eigenvalue weighted by molar-refractivity contribution is 7.47. The molecule has 242 valence electrons. The Morgan fingerprint density at radius 1 is 0.889 bits per heavy atom. The van der Waals surface area contributed by atoms with Gasteiger partial charge in [-0.25, -0.2) is 29.1 Å². The molecule has 5 unspecified atom stereocenters. The molecule has 0 amide bonds. The molecule has 45 heavy (non-hydrogen) atoms. The first kappa shape index (κ1) is 30.5. The van der Waals surface area contributed by atoms with Gasteiger partial charge in [0.05, 0.1) is 25.9 Å². The van der Waals surface area contributed by atoms with Crippen LogP contribution in [0.4, 0.5) is 11.8 Å². The van der Waals surface area contributed by atoms with E-state index in [1.54, 1.807) is 0 Å². The summed E-state index contributed by atoms with van der Waals surface area (Å²) in [7, 11) is -10.1.